The van der Waals surface area contributed by atoms with Crippen LogP contribution in [0.25, 0.3) is 0 Å². The van der Waals surface area contributed by atoms with Crippen LogP contribution >= 0.6 is 0 Å². The molecule has 3 nitrogen and oxygen atoms in total. The molecule has 0 amide bonds. The molecule has 1 aliphatic carbocycles. The average Bonchev–Trinajstić information content (AvgIpc) is 2.41. The minimum absolute atomic E-state index is 0.0487. The third kappa shape index (κ3) is 3.95. The molecule has 0 heterocycles. The monoisotopic (exact) mass is 343 g/mol. The molecule has 1 fully saturated rings. The van der Waals surface area contributed by atoms with Crippen LogP contribution in [0.3, 0.4) is 0 Å². The van der Waals surface area contributed by atoms with Gasteiger partial charge in [-0.1, -0.05) is 0 Å². The van der Waals surface area contributed by atoms with Crippen molar-refractivity contribution in [2.75, 3.05) is 0 Å². The number of halogens is 5. The van der Waals surface area contributed by atoms with Crippen molar-refractivity contribution in [3.63, 3.8) is 0 Å². The highest BCUT2D eigenvalue weighted by atomic mass is 32.2. The molecule has 0 unspecified atom stereocenters. The van der Waals surface area contributed by atoms with E-state index in [-0.39, 0.29) is 25.7 Å². The maximum Gasteiger partial charge on any atom is 0.391 e. The number of rotatable bonds is 3. The van der Waals surface area contributed by atoms with E-state index in [4.69, 9.17) is 0 Å². The number of hydrogen-bond donors (Lipinski definition) is 1. The molecule has 124 valence electrons. The van der Waals surface area contributed by atoms with Crippen LogP contribution in [0.4, 0.5) is 22.0 Å². The summed E-state index contributed by atoms with van der Waals surface area (Å²) >= 11 is 0. The molecular formula is C13H14F5NO2S. The maximum absolute atomic E-state index is 13.1. The number of nitrogens with one attached hydrogen (secondary N) is 1. The molecule has 1 aromatic rings. The smallest absolute Gasteiger partial charge is 0.208 e. The zero-order valence-electron chi connectivity index (χ0n) is 11.3. The lowest BCUT2D eigenvalue weighted by atomic mass is 9.86. The van der Waals surface area contributed by atoms with Crippen molar-refractivity contribution in [2.24, 2.45) is 5.92 Å². The lowest BCUT2D eigenvalue weighted by Gasteiger charge is -2.30. The summed E-state index contributed by atoms with van der Waals surface area (Å²) in [5, 5.41) is 0. The van der Waals surface area contributed by atoms with Gasteiger partial charge in [0.05, 0.1) is 10.8 Å². The highest BCUT2D eigenvalue weighted by molar-refractivity contribution is 7.89. The molecule has 0 saturated heterocycles. The number of sulfonamides is 1. The molecule has 1 N–H and O–H groups in total. The van der Waals surface area contributed by atoms with E-state index in [0.717, 1.165) is 6.07 Å². The largest absolute Gasteiger partial charge is 0.391 e. The van der Waals surface area contributed by atoms with Gasteiger partial charge in [-0.15, -0.1) is 0 Å². The quantitative estimate of drug-likeness (QED) is 0.856. The first-order chi connectivity index (χ1) is 10.1. The summed E-state index contributed by atoms with van der Waals surface area (Å²) in [5.74, 6) is -3.90. The Kier molecular flexibility index (Phi) is 4.76. The van der Waals surface area contributed by atoms with Crippen molar-refractivity contribution >= 4 is 10.0 Å². The van der Waals surface area contributed by atoms with Gasteiger partial charge in [0.25, 0.3) is 0 Å². The molecule has 1 aliphatic rings. The lowest BCUT2D eigenvalue weighted by Crippen LogP contribution is -2.40. The molecule has 0 spiro atoms. The zero-order chi connectivity index (χ0) is 16.5. The van der Waals surface area contributed by atoms with Gasteiger partial charge in [-0.05, 0) is 43.9 Å². The second-order valence-corrected chi connectivity index (χ2v) is 7.00. The topological polar surface area (TPSA) is 46.2 Å². The summed E-state index contributed by atoms with van der Waals surface area (Å²) in [6, 6.07) is 1.49. The van der Waals surface area contributed by atoms with Crippen molar-refractivity contribution in [1.82, 2.24) is 4.72 Å². The number of hydrogen-bond acceptors (Lipinski definition) is 2. The molecule has 22 heavy (non-hydrogen) atoms. The van der Waals surface area contributed by atoms with Gasteiger partial charge in [0.1, 0.15) is 0 Å². The number of benzene rings is 1. The van der Waals surface area contributed by atoms with Gasteiger partial charge < -0.3 is 0 Å². The molecule has 0 bridgehead atoms. The van der Waals surface area contributed by atoms with Gasteiger partial charge in [0, 0.05) is 6.04 Å². The van der Waals surface area contributed by atoms with E-state index in [0.29, 0.717) is 12.1 Å². The van der Waals surface area contributed by atoms with Gasteiger partial charge in [0.2, 0.25) is 10.0 Å². The summed E-state index contributed by atoms with van der Waals surface area (Å²) in [4.78, 5) is -0.454. The van der Waals surface area contributed by atoms with Crippen LogP contribution in [-0.4, -0.2) is 20.6 Å². The van der Waals surface area contributed by atoms with Crippen LogP contribution in [0, 0.1) is 17.6 Å². The van der Waals surface area contributed by atoms with Crippen LogP contribution in [0.2, 0.25) is 0 Å². The Morgan fingerprint density at radius 3 is 2.09 bits per heavy atom. The van der Waals surface area contributed by atoms with Crippen molar-refractivity contribution < 1.29 is 30.4 Å². The van der Waals surface area contributed by atoms with E-state index in [2.05, 4.69) is 4.72 Å². The van der Waals surface area contributed by atoms with Gasteiger partial charge in [-0.3, -0.25) is 0 Å². The molecule has 9 heteroatoms. The molecule has 0 aromatic heterocycles. The molecule has 0 atom stereocenters. The van der Waals surface area contributed by atoms with Crippen molar-refractivity contribution in [2.45, 2.75) is 42.8 Å². The van der Waals surface area contributed by atoms with Gasteiger partial charge in [-0.25, -0.2) is 21.9 Å². The number of alkyl halides is 3. The maximum atomic E-state index is 13.1. The summed E-state index contributed by atoms with van der Waals surface area (Å²) in [6.45, 7) is 0. The van der Waals surface area contributed by atoms with Crippen molar-refractivity contribution in [3.05, 3.63) is 29.8 Å². The second kappa shape index (κ2) is 6.11. The minimum Gasteiger partial charge on any atom is -0.208 e. The second-order valence-electron chi connectivity index (χ2n) is 5.29. The minimum atomic E-state index is -4.27. The fraction of sp³-hybridized carbons (Fsp3) is 0.538. The lowest BCUT2D eigenvalue weighted by molar-refractivity contribution is -0.182. The summed E-state index contributed by atoms with van der Waals surface area (Å²) < 4.78 is 89.8. The fourth-order valence-electron chi connectivity index (χ4n) is 2.47. The zero-order valence-corrected chi connectivity index (χ0v) is 12.1. The van der Waals surface area contributed by atoms with Crippen LogP contribution in [-0.2, 0) is 10.0 Å². The third-order valence-electron chi connectivity index (χ3n) is 3.71. The predicted molar refractivity (Wildman–Crippen MR) is 68.5 cm³/mol. The molecule has 0 radical (unpaired) electrons. The van der Waals surface area contributed by atoms with Gasteiger partial charge in [0.15, 0.2) is 11.6 Å². The first-order valence-corrected chi connectivity index (χ1v) is 8.12. The van der Waals surface area contributed by atoms with E-state index in [1.165, 1.54) is 0 Å². The predicted octanol–water partition coefficient (Wildman–Crippen LogP) is 3.36. The SMILES string of the molecule is O=S(=O)(NC1CCC(C(F)(F)F)CC1)c1ccc(F)c(F)c1. The summed E-state index contributed by atoms with van der Waals surface area (Å²) in [7, 11) is -4.09. The Bertz CT molecular complexity index is 636. The van der Waals surface area contributed by atoms with Crippen molar-refractivity contribution in [3.8, 4) is 0 Å². The van der Waals surface area contributed by atoms with Crippen LogP contribution < -0.4 is 4.72 Å². The molecule has 2 rings (SSSR count). The summed E-state index contributed by atoms with van der Waals surface area (Å²) in [6.07, 6.45) is -4.49. The van der Waals surface area contributed by atoms with E-state index in [9.17, 15) is 30.4 Å². The first kappa shape index (κ1) is 17.1. The Balaban J connectivity index is 2.03. The molecule has 1 saturated carbocycles. The Morgan fingerprint density at radius 1 is 1.00 bits per heavy atom. The molecular weight excluding hydrogens is 329 g/mol. The molecule has 0 aliphatic heterocycles. The molecule has 1 aromatic carbocycles. The first-order valence-electron chi connectivity index (χ1n) is 6.63. The average molecular weight is 343 g/mol. The Hall–Kier alpha value is -1.22. The third-order valence-corrected chi connectivity index (χ3v) is 5.23. The van der Waals surface area contributed by atoms with Gasteiger partial charge in [-0.2, -0.15) is 13.2 Å². The highest BCUT2D eigenvalue weighted by Crippen LogP contribution is 2.37. The van der Waals surface area contributed by atoms with Crippen molar-refractivity contribution in [1.29, 1.82) is 0 Å². The fourth-order valence-corrected chi connectivity index (χ4v) is 3.79. The van der Waals surface area contributed by atoms with Crippen LogP contribution in [0.5, 0.6) is 0 Å². The Morgan fingerprint density at radius 2 is 1.59 bits per heavy atom. The van der Waals surface area contributed by atoms with E-state index >= 15 is 0 Å². The van der Waals surface area contributed by atoms with E-state index in [1.54, 1.807) is 0 Å². The van der Waals surface area contributed by atoms with Crippen LogP contribution in [0.15, 0.2) is 23.1 Å². The Labute approximate surface area is 124 Å². The normalized spacial score (nSPS) is 23.5. The highest BCUT2D eigenvalue weighted by Gasteiger charge is 2.41. The summed E-state index contributed by atoms with van der Waals surface area (Å²) in [5.41, 5.74) is 0. The van der Waals surface area contributed by atoms with E-state index in [1.807, 2.05) is 0 Å². The standard InChI is InChI=1S/C13H14F5NO2S/c14-11-6-5-10(7-12(11)15)22(20,21)19-9-3-1-8(2-4-9)13(16,17)18/h5-9,19H,1-4H2. The van der Waals surface area contributed by atoms with Gasteiger partial charge >= 0.3 is 6.18 Å². The van der Waals surface area contributed by atoms with E-state index < -0.39 is 44.7 Å². The van der Waals surface area contributed by atoms with Crippen LogP contribution in [0.1, 0.15) is 25.7 Å².